The van der Waals surface area contributed by atoms with E-state index in [1.165, 1.54) is 58.7 Å². The fraction of sp³-hybridized carbons (Fsp3) is 0.346. The average molecular weight is 677 g/mol. The molecule has 0 bridgehead atoms. The van der Waals surface area contributed by atoms with E-state index in [9.17, 15) is 34.2 Å². The molecular formula is C26H25N10NaO7S2. The summed E-state index contributed by atoms with van der Waals surface area (Å²) < 4.78 is 1.43. The molecule has 6 rings (SSSR count). The van der Waals surface area contributed by atoms with Crippen LogP contribution in [0.25, 0.3) is 0 Å². The Balaban J connectivity index is 0.00000417. The normalized spacial score (nSPS) is 19.3. The summed E-state index contributed by atoms with van der Waals surface area (Å²) >= 11 is 2.47. The zero-order valence-corrected chi connectivity index (χ0v) is 28.1. The Morgan fingerprint density at radius 1 is 1.22 bits per heavy atom. The van der Waals surface area contributed by atoms with Crippen LogP contribution in [-0.2, 0) is 21.4 Å². The van der Waals surface area contributed by atoms with Crippen molar-refractivity contribution in [3.05, 3.63) is 63.5 Å². The van der Waals surface area contributed by atoms with Gasteiger partial charge in [0.15, 0.2) is 0 Å². The van der Waals surface area contributed by atoms with E-state index in [0.717, 1.165) is 17.7 Å². The van der Waals surface area contributed by atoms with Gasteiger partial charge in [-0.3, -0.25) is 19.3 Å². The number of thioether (sulfide) groups is 2. The number of anilines is 1. The second kappa shape index (κ2) is 13.8. The Morgan fingerprint density at radius 3 is 2.59 bits per heavy atom. The van der Waals surface area contributed by atoms with E-state index in [1.807, 2.05) is 0 Å². The Bertz CT molecular complexity index is 1780. The average Bonchev–Trinajstić information content (AvgIpc) is 3.79. The number of hydrogen-bond donors (Lipinski definition) is 5. The molecule has 3 aliphatic rings. The number of amides is 4. The molecule has 0 radical (unpaired) electrons. The maximum atomic E-state index is 13.5. The number of phenolic OH excluding ortho intramolecular Hbond substituents is 1. The monoisotopic (exact) mass is 676 g/mol. The van der Waals surface area contributed by atoms with Crippen LogP contribution in [0, 0.1) is 0 Å². The van der Waals surface area contributed by atoms with Gasteiger partial charge in [-0.05, 0) is 46.5 Å². The number of fused-ring (bicyclic) bond motifs is 1. The minimum Gasteiger partial charge on any atom is -0.543 e. The molecule has 2 aromatic heterocycles. The number of β-lactam (4-membered cyclic amide) rings is 1. The van der Waals surface area contributed by atoms with Crippen LogP contribution in [0.1, 0.15) is 36.2 Å². The number of urea groups is 1. The van der Waals surface area contributed by atoms with Crippen molar-refractivity contribution in [3.63, 3.8) is 0 Å². The molecule has 4 heterocycles. The first-order chi connectivity index (χ1) is 21.6. The maximum absolute atomic E-state index is 13.5. The summed E-state index contributed by atoms with van der Waals surface area (Å²) in [6.07, 6.45) is 3.09. The van der Waals surface area contributed by atoms with Crippen LogP contribution in [0.3, 0.4) is 0 Å². The Hall–Kier alpha value is -3.91. The molecule has 1 unspecified atom stereocenters. The number of H-pyrrole nitrogens is 1. The van der Waals surface area contributed by atoms with Crippen LogP contribution in [0.15, 0.2) is 51.7 Å². The molecule has 5 N–H and O–H groups in total. The summed E-state index contributed by atoms with van der Waals surface area (Å²) in [5.41, 5.74) is -0.237. The van der Waals surface area contributed by atoms with Crippen molar-refractivity contribution in [1.29, 1.82) is 0 Å². The number of aromatic nitrogens is 6. The topological polar surface area (TPSA) is 240 Å². The van der Waals surface area contributed by atoms with E-state index >= 15 is 0 Å². The van der Waals surface area contributed by atoms with Crippen molar-refractivity contribution < 1.29 is 58.9 Å². The number of aromatic hydroxyl groups is 1. The molecule has 4 amide bonds. The van der Waals surface area contributed by atoms with Crippen molar-refractivity contribution in [2.45, 2.75) is 41.4 Å². The van der Waals surface area contributed by atoms with Crippen molar-refractivity contribution in [3.8, 4) is 5.75 Å². The van der Waals surface area contributed by atoms with Gasteiger partial charge in [0.2, 0.25) is 11.1 Å². The minimum atomic E-state index is -1.53. The summed E-state index contributed by atoms with van der Waals surface area (Å²) in [5.74, 6) is -1.87. The third-order valence-corrected chi connectivity index (χ3v) is 9.73. The quantitative estimate of drug-likeness (QED) is 0.0781. The van der Waals surface area contributed by atoms with Gasteiger partial charge in [0.25, 0.3) is 11.5 Å². The number of aliphatic carboxylic acids is 1. The fourth-order valence-electron chi connectivity index (χ4n) is 4.83. The molecule has 3 atom stereocenters. The number of rotatable bonds is 10. The van der Waals surface area contributed by atoms with Crippen LogP contribution in [0.5, 0.6) is 5.75 Å². The SMILES string of the molecule is Cn1nnnc1SCC1=C(C(=O)[O-])N2C(=O)C(NC(=O)[C@H](NC(=O)Nc3cnc(C4CC4)[nH]c3=O)c3ccc(O)cc3)[C@H]2SC1.[Na+]. The standard InChI is InChI=1S/C26H26N10O7S2.Na/c1-35-26(32-33-34-35)45-10-13-9-44-23-17(22(40)36(23)18(13)24(41)42)29-21(39)16(11-4-6-14(37)7-5-11)30-25(43)28-15-8-27-19(12-2-3-12)31-20(15)38;/h4-8,12,16-17,23,37H,2-3,9-10H2,1H3,(H,29,39)(H,41,42)(H,27,31,38)(H2,28,30,43);/q;+1/p-1/t16-,17?,23-;/m1./s1. The van der Waals surface area contributed by atoms with Gasteiger partial charge >= 0.3 is 35.6 Å². The second-order valence-corrected chi connectivity index (χ2v) is 12.5. The zero-order valence-electron chi connectivity index (χ0n) is 24.4. The van der Waals surface area contributed by atoms with Crippen LogP contribution in [-0.4, -0.2) is 86.9 Å². The van der Waals surface area contributed by atoms with E-state index in [1.54, 1.807) is 7.05 Å². The molecule has 234 valence electrons. The number of carboxylic acids is 1. The Labute approximate surface area is 290 Å². The van der Waals surface area contributed by atoms with Crippen molar-refractivity contribution in [1.82, 2.24) is 45.7 Å². The van der Waals surface area contributed by atoms with Crippen LogP contribution < -0.4 is 56.2 Å². The second-order valence-electron chi connectivity index (χ2n) is 10.4. The molecular weight excluding hydrogens is 651 g/mol. The first-order valence-electron chi connectivity index (χ1n) is 13.6. The Kier molecular flexibility index (Phi) is 10.1. The number of aryl methyl sites for hydroxylation is 1. The number of carbonyl (C=O) groups excluding carboxylic acids is 4. The molecule has 17 nitrogen and oxygen atoms in total. The molecule has 2 fully saturated rings. The van der Waals surface area contributed by atoms with Gasteiger partial charge in [-0.25, -0.2) is 14.5 Å². The molecule has 20 heteroatoms. The predicted octanol–water partition coefficient (Wildman–Crippen LogP) is -4.06. The number of tetrazole rings is 1. The molecule has 3 aromatic rings. The fourth-order valence-corrected chi connectivity index (χ4v) is 7.17. The van der Waals surface area contributed by atoms with Gasteiger partial charge < -0.3 is 35.9 Å². The molecule has 46 heavy (non-hydrogen) atoms. The number of benzene rings is 1. The molecule has 1 aliphatic carbocycles. The van der Waals surface area contributed by atoms with E-state index < -0.39 is 46.8 Å². The number of aromatic amines is 1. The summed E-state index contributed by atoms with van der Waals surface area (Å²) in [4.78, 5) is 72.2. The third-order valence-electron chi connectivity index (χ3n) is 7.29. The number of hydrogen-bond acceptors (Lipinski definition) is 13. The Morgan fingerprint density at radius 2 is 1.96 bits per heavy atom. The van der Waals surface area contributed by atoms with Gasteiger partial charge in [0, 0.05) is 24.5 Å². The maximum Gasteiger partial charge on any atom is 1.00 e. The van der Waals surface area contributed by atoms with Crippen molar-refractivity contribution >= 4 is 53.0 Å². The number of carboxylic acid groups (broad SMARTS) is 1. The summed E-state index contributed by atoms with van der Waals surface area (Å²) in [6, 6.07) is 2.11. The van der Waals surface area contributed by atoms with Crippen LogP contribution in [0.2, 0.25) is 0 Å². The van der Waals surface area contributed by atoms with Gasteiger partial charge in [-0.15, -0.1) is 16.9 Å². The summed E-state index contributed by atoms with van der Waals surface area (Å²) in [7, 11) is 1.64. The van der Waals surface area contributed by atoms with Crippen molar-refractivity contribution in [2.24, 2.45) is 7.05 Å². The molecule has 1 aromatic carbocycles. The van der Waals surface area contributed by atoms with Crippen LogP contribution >= 0.6 is 23.5 Å². The van der Waals surface area contributed by atoms with E-state index in [4.69, 9.17) is 0 Å². The summed E-state index contributed by atoms with van der Waals surface area (Å²) in [6.45, 7) is 0. The van der Waals surface area contributed by atoms with Crippen LogP contribution in [0.4, 0.5) is 10.5 Å². The molecule has 2 aliphatic heterocycles. The largest absolute Gasteiger partial charge is 1.00 e. The van der Waals surface area contributed by atoms with Gasteiger partial charge in [0.05, 0.1) is 17.9 Å². The smallest absolute Gasteiger partial charge is 0.543 e. The van der Waals surface area contributed by atoms with E-state index in [-0.39, 0.29) is 69.7 Å². The number of nitrogens with zero attached hydrogens (tertiary/aromatic N) is 6. The first-order valence-corrected chi connectivity index (χ1v) is 15.6. The molecule has 0 spiro atoms. The molecule has 1 saturated heterocycles. The first kappa shape index (κ1) is 33.5. The zero-order chi connectivity index (χ0) is 31.8. The van der Waals surface area contributed by atoms with Crippen molar-refractivity contribution in [2.75, 3.05) is 16.8 Å². The van der Waals surface area contributed by atoms with Gasteiger partial charge in [0.1, 0.15) is 34.7 Å². The minimum absolute atomic E-state index is 0. The summed E-state index contributed by atoms with van der Waals surface area (Å²) in [5, 5.41) is 40.2. The van der Waals surface area contributed by atoms with E-state index in [2.05, 4.69) is 41.4 Å². The number of phenols is 1. The predicted molar refractivity (Wildman–Crippen MR) is 156 cm³/mol. The van der Waals surface area contributed by atoms with E-state index in [0.29, 0.717) is 16.6 Å². The number of carbonyl (C=O) groups is 4. The molecule has 1 saturated carbocycles. The van der Waals surface area contributed by atoms with Gasteiger partial charge in [-0.1, -0.05) is 23.9 Å². The third kappa shape index (κ3) is 6.92. The number of nitrogens with one attached hydrogen (secondary N) is 4. The van der Waals surface area contributed by atoms with Gasteiger partial charge in [-0.2, -0.15) is 0 Å².